The van der Waals surface area contributed by atoms with E-state index in [0.717, 1.165) is 16.5 Å². The summed E-state index contributed by atoms with van der Waals surface area (Å²) in [5.41, 5.74) is 1.67. The number of furan rings is 1. The minimum atomic E-state index is -0.944. The molecule has 4 heteroatoms. The second-order valence-electron chi connectivity index (χ2n) is 3.40. The second kappa shape index (κ2) is 3.65. The molecule has 4 nitrogen and oxygen atoms in total. The number of para-hydroxylation sites is 1. The average molecular weight is 205 g/mol. The van der Waals surface area contributed by atoms with Gasteiger partial charge in [-0.05, 0) is 6.07 Å². The number of nitrogens with zero attached hydrogens (tertiary/aromatic N) is 1. The summed E-state index contributed by atoms with van der Waals surface area (Å²) in [5, 5.41) is 9.71. The molecular weight excluding hydrogens is 194 g/mol. The summed E-state index contributed by atoms with van der Waals surface area (Å²) in [6.07, 6.45) is 0.657. The third kappa shape index (κ3) is 1.79. The summed E-state index contributed by atoms with van der Waals surface area (Å²) in [6.45, 7) is 0.340. The Balaban J connectivity index is 2.32. The first-order valence-corrected chi connectivity index (χ1v) is 4.57. The Morgan fingerprint density at radius 2 is 2.20 bits per heavy atom. The highest BCUT2D eigenvalue weighted by molar-refractivity contribution is 5.81. The predicted molar refractivity (Wildman–Crippen MR) is 55.7 cm³/mol. The molecule has 0 atom stereocenters. The Kier molecular flexibility index (Phi) is 2.33. The minimum Gasteiger partial charge on any atom is -0.465 e. The highest BCUT2D eigenvalue weighted by Gasteiger charge is 2.10. The number of carboxylic acid groups (broad SMARTS) is 1. The van der Waals surface area contributed by atoms with Gasteiger partial charge in [0.25, 0.3) is 0 Å². The van der Waals surface area contributed by atoms with E-state index in [-0.39, 0.29) is 0 Å². The monoisotopic (exact) mass is 205 g/mol. The van der Waals surface area contributed by atoms with Crippen LogP contribution in [-0.4, -0.2) is 23.1 Å². The molecule has 2 aromatic rings. The molecule has 15 heavy (non-hydrogen) atoms. The number of fused-ring (bicyclic) bond motifs is 1. The highest BCUT2D eigenvalue weighted by atomic mass is 16.4. The molecule has 1 aromatic carbocycles. The van der Waals surface area contributed by atoms with Crippen LogP contribution in [0, 0.1) is 0 Å². The van der Waals surface area contributed by atoms with Crippen molar-refractivity contribution in [1.82, 2.24) is 4.90 Å². The summed E-state index contributed by atoms with van der Waals surface area (Å²) in [4.78, 5) is 11.9. The first kappa shape index (κ1) is 9.58. The molecule has 0 aliphatic rings. The molecule has 1 aromatic heterocycles. The molecule has 0 radical (unpaired) electrons. The van der Waals surface area contributed by atoms with Gasteiger partial charge in [-0.2, -0.15) is 0 Å². The quantitative estimate of drug-likeness (QED) is 0.819. The number of benzene rings is 1. The van der Waals surface area contributed by atoms with Gasteiger partial charge in [0, 0.05) is 18.0 Å². The van der Waals surface area contributed by atoms with Crippen LogP contribution in [0.5, 0.6) is 0 Å². The lowest BCUT2D eigenvalue weighted by atomic mass is 10.2. The minimum absolute atomic E-state index is 0.340. The molecule has 0 bridgehead atoms. The smallest absolute Gasteiger partial charge is 0.407 e. The lowest BCUT2D eigenvalue weighted by molar-refractivity contribution is 0.154. The van der Waals surface area contributed by atoms with E-state index < -0.39 is 6.09 Å². The van der Waals surface area contributed by atoms with Gasteiger partial charge in [0.2, 0.25) is 0 Å². The first-order chi connectivity index (χ1) is 7.18. The standard InChI is InChI=1S/C11H11NO3/c1-12(11(13)14)6-8-7-15-10-5-3-2-4-9(8)10/h2-5,7H,6H2,1H3,(H,13,14). The summed E-state index contributed by atoms with van der Waals surface area (Å²) < 4.78 is 5.31. The fraction of sp³-hybridized carbons (Fsp3) is 0.182. The average Bonchev–Trinajstić information content (AvgIpc) is 2.62. The van der Waals surface area contributed by atoms with Crippen molar-refractivity contribution < 1.29 is 14.3 Å². The summed E-state index contributed by atoms with van der Waals surface area (Å²) in [7, 11) is 1.53. The maximum absolute atomic E-state index is 10.7. The molecule has 0 saturated heterocycles. The highest BCUT2D eigenvalue weighted by Crippen LogP contribution is 2.21. The SMILES string of the molecule is CN(Cc1coc2ccccc12)C(=O)O. The second-order valence-corrected chi connectivity index (χ2v) is 3.40. The van der Waals surface area contributed by atoms with Crippen LogP contribution < -0.4 is 0 Å². The molecule has 1 heterocycles. The van der Waals surface area contributed by atoms with Gasteiger partial charge in [-0.15, -0.1) is 0 Å². The van der Waals surface area contributed by atoms with Gasteiger partial charge in [-0.1, -0.05) is 18.2 Å². The molecule has 0 fully saturated rings. The number of carbonyl (C=O) groups is 1. The normalized spacial score (nSPS) is 10.5. The van der Waals surface area contributed by atoms with E-state index in [4.69, 9.17) is 9.52 Å². The van der Waals surface area contributed by atoms with Crippen molar-refractivity contribution >= 4 is 17.1 Å². The molecule has 0 aliphatic carbocycles. The van der Waals surface area contributed by atoms with Crippen molar-refractivity contribution in [1.29, 1.82) is 0 Å². The van der Waals surface area contributed by atoms with Crippen LogP contribution in [0.15, 0.2) is 34.9 Å². The van der Waals surface area contributed by atoms with E-state index in [1.807, 2.05) is 24.3 Å². The Morgan fingerprint density at radius 1 is 1.47 bits per heavy atom. The van der Waals surface area contributed by atoms with Gasteiger partial charge in [-0.25, -0.2) is 4.79 Å². The van der Waals surface area contributed by atoms with E-state index in [9.17, 15) is 4.79 Å². The topological polar surface area (TPSA) is 53.7 Å². The van der Waals surface area contributed by atoms with Crippen LogP contribution in [0.3, 0.4) is 0 Å². The molecule has 0 aliphatic heterocycles. The van der Waals surface area contributed by atoms with Crippen molar-refractivity contribution in [3.63, 3.8) is 0 Å². The van der Waals surface area contributed by atoms with Crippen molar-refractivity contribution in [3.8, 4) is 0 Å². The zero-order chi connectivity index (χ0) is 10.8. The lowest BCUT2D eigenvalue weighted by Crippen LogP contribution is -2.23. The zero-order valence-corrected chi connectivity index (χ0v) is 8.30. The molecule has 1 N–H and O–H groups in total. The van der Waals surface area contributed by atoms with E-state index in [0.29, 0.717) is 6.54 Å². The first-order valence-electron chi connectivity index (χ1n) is 4.57. The molecule has 1 amide bonds. The molecular formula is C11H11NO3. The van der Waals surface area contributed by atoms with Gasteiger partial charge in [0.1, 0.15) is 5.58 Å². The van der Waals surface area contributed by atoms with Crippen molar-refractivity contribution in [2.45, 2.75) is 6.54 Å². The molecule has 0 saturated carbocycles. The molecule has 0 unspecified atom stereocenters. The summed E-state index contributed by atoms with van der Waals surface area (Å²) in [6, 6.07) is 7.57. The van der Waals surface area contributed by atoms with Crippen molar-refractivity contribution in [3.05, 3.63) is 36.1 Å². The van der Waals surface area contributed by atoms with Crippen LogP contribution in [0.4, 0.5) is 4.79 Å². The lowest BCUT2D eigenvalue weighted by Gasteiger charge is -2.10. The van der Waals surface area contributed by atoms with Gasteiger partial charge in [0.15, 0.2) is 0 Å². The maximum Gasteiger partial charge on any atom is 0.407 e. The van der Waals surface area contributed by atoms with Gasteiger partial charge < -0.3 is 14.4 Å². The Morgan fingerprint density at radius 3 is 2.93 bits per heavy atom. The van der Waals surface area contributed by atoms with Gasteiger partial charge >= 0.3 is 6.09 Å². The number of amides is 1. The van der Waals surface area contributed by atoms with Crippen LogP contribution in [0.1, 0.15) is 5.56 Å². The van der Waals surface area contributed by atoms with Crippen LogP contribution in [0.2, 0.25) is 0 Å². The van der Waals surface area contributed by atoms with E-state index in [1.165, 1.54) is 11.9 Å². The number of hydrogen-bond acceptors (Lipinski definition) is 2. The molecule has 2 rings (SSSR count). The molecule has 0 spiro atoms. The largest absolute Gasteiger partial charge is 0.465 e. The van der Waals surface area contributed by atoms with E-state index in [1.54, 1.807) is 6.26 Å². The van der Waals surface area contributed by atoms with Crippen LogP contribution in [0.25, 0.3) is 11.0 Å². The third-order valence-corrected chi connectivity index (χ3v) is 2.30. The Bertz CT molecular complexity index is 489. The van der Waals surface area contributed by atoms with Crippen molar-refractivity contribution in [2.75, 3.05) is 7.05 Å². The number of hydrogen-bond donors (Lipinski definition) is 1. The summed E-state index contributed by atoms with van der Waals surface area (Å²) in [5.74, 6) is 0. The van der Waals surface area contributed by atoms with Gasteiger partial charge in [-0.3, -0.25) is 0 Å². The Labute approximate surface area is 86.7 Å². The number of rotatable bonds is 2. The van der Waals surface area contributed by atoms with Crippen LogP contribution in [-0.2, 0) is 6.54 Å². The Hall–Kier alpha value is -1.97. The van der Waals surface area contributed by atoms with E-state index in [2.05, 4.69) is 0 Å². The maximum atomic E-state index is 10.7. The van der Waals surface area contributed by atoms with Crippen molar-refractivity contribution in [2.24, 2.45) is 0 Å². The van der Waals surface area contributed by atoms with Crippen LogP contribution >= 0.6 is 0 Å². The van der Waals surface area contributed by atoms with E-state index >= 15 is 0 Å². The molecule has 78 valence electrons. The fourth-order valence-corrected chi connectivity index (χ4v) is 1.48. The van der Waals surface area contributed by atoms with Gasteiger partial charge in [0.05, 0.1) is 12.8 Å². The fourth-order valence-electron chi connectivity index (χ4n) is 1.48. The third-order valence-electron chi connectivity index (χ3n) is 2.30. The predicted octanol–water partition coefficient (Wildman–Crippen LogP) is 2.54. The zero-order valence-electron chi connectivity index (χ0n) is 8.30. The summed E-state index contributed by atoms with van der Waals surface area (Å²) >= 11 is 0.